The van der Waals surface area contributed by atoms with Gasteiger partial charge >= 0.3 is 0 Å². The van der Waals surface area contributed by atoms with Crippen molar-refractivity contribution in [3.8, 4) is 17.2 Å². The smallest absolute Gasteiger partial charge is 0.226 e. The minimum absolute atomic E-state index is 0.0505. The zero-order chi connectivity index (χ0) is 18.9. The van der Waals surface area contributed by atoms with Crippen LogP contribution >= 0.6 is 0 Å². The van der Waals surface area contributed by atoms with E-state index in [0.29, 0.717) is 18.9 Å². The fourth-order valence-corrected chi connectivity index (χ4v) is 2.61. The predicted molar refractivity (Wildman–Crippen MR) is 108 cm³/mol. The van der Waals surface area contributed by atoms with Gasteiger partial charge in [-0.1, -0.05) is 54.6 Å². The number of ether oxygens (including phenoxy) is 1. The van der Waals surface area contributed by atoms with Gasteiger partial charge in [-0.05, 0) is 36.8 Å². The number of allylic oxidation sites excluding steroid dienone is 2. The third-order valence-corrected chi connectivity index (χ3v) is 4.04. The first-order valence-electron chi connectivity index (χ1n) is 8.95. The number of aryl methyl sites for hydroxylation is 1. The van der Waals surface area contributed by atoms with Crippen LogP contribution in [0.2, 0.25) is 0 Å². The van der Waals surface area contributed by atoms with E-state index in [0.717, 1.165) is 28.3 Å². The Morgan fingerprint density at radius 2 is 1.81 bits per heavy atom. The van der Waals surface area contributed by atoms with E-state index in [2.05, 4.69) is 4.98 Å². The summed E-state index contributed by atoms with van der Waals surface area (Å²) in [6.45, 7) is 2.52. The summed E-state index contributed by atoms with van der Waals surface area (Å²) < 4.78 is 11.6. The molecule has 1 heterocycles. The molecule has 1 aromatic heterocycles. The second-order valence-electron chi connectivity index (χ2n) is 6.03. The van der Waals surface area contributed by atoms with Crippen molar-refractivity contribution in [3.63, 3.8) is 0 Å². The molecule has 0 bridgehead atoms. The van der Waals surface area contributed by atoms with Gasteiger partial charge in [-0.25, -0.2) is 4.98 Å². The fraction of sp³-hybridized carbons (Fsp3) is 0.174. The maximum atomic E-state index is 8.69. The Balaban J connectivity index is 1.53. The van der Waals surface area contributed by atoms with Gasteiger partial charge in [0, 0.05) is 12.0 Å². The number of aromatic nitrogens is 1. The monoisotopic (exact) mass is 361 g/mol. The van der Waals surface area contributed by atoms with E-state index < -0.39 is 0 Å². The molecule has 0 saturated heterocycles. The molecule has 0 amide bonds. The Kier molecular flexibility index (Phi) is 6.61. The molecule has 3 rings (SSSR count). The highest BCUT2D eigenvalue weighted by atomic mass is 16.5. The van der Waals surface area contributed by atoms with Gasteiger partial charge in [-0.15, -0.1) is 0 Å². The third-order valence-electron chi connectivity index (χ3n) is 4.04. The lowest BCUT2D eigenvalue weighted by Crippen LogP contribution is -2.02. The van der Waals surface area contributed by atoms with Crippen molar-refractivity contribution in [2.24, 2.45) is 0 Å². The van der Waals surface area contributed by atoms with Gasteiger partial charge < -0.3 is 14.3 Å². The normalized spacial score (nSPS) is 11.5. The molecule has 0 spiro atoms. The van der Waals surface area contributed by atoms with Gasteiger partial charge in [0.05, 0.1) is 18.9 Å². The van der Waals surface area contributed by atoms with Crippen molar-refractivity contribution in [3.05, 3.63) is 89.8 Å². The predicted octanol–water partition coefficient (Wildman–Crippen LogP) is 4.83. The summed E-state index contributed by atoms with van der Waals surface area (Å²) in [5.74, 6) is 2.30. The fourth-order valence-electron chi connectivity index (χ4n) is 2.61. The highest BCUT2D eigenvalue weighted by Crippen LogP contribution is 2.22. The number of oxazole rings is 1. The van der Waals surface area contributed by atoms with Crippen LogP contribution < -0.4 is 4.74 Å². The quantitative estimate of drug-likeness (QED) is 0.584. The summed E-state index contributed by atoms with van der Waals surface area (Å²) in [5, 5.41) is 8.69. The summed E-state index contributed by atoms with van der Waals surface area (Å²) in [6.07, 6.45) is 8.05. The van der Waals surface area contributed by atoms with Crippen LogP contribution in [0.3, 0.4) is 0 Å². The van der Waals surface area contributed by atoms with Crippen LogP contribution in [-0.2, 0) is 6.42 Å². The molecule has 2 aromatic carbocycles. The van der Waals surface area contributed by atoms with Crippen molar-refractivity contribution >= 4 is 6.08 Å². The van der Waals surface area contributed by atoms with Crippen molar-refractivity contribution < 1.29 is 14.3 Å². The number of aliphatic hydroxyl groups excluding tert-OH is 1. The summed E-state index contributed by atoms with van der Waals surface area (Å²) in [6, 6.07) is 17.8. The summed E-state index contributed by atoms with van der Waals surface area (Å²) in [4.78, 5) is 4.59. The number of benzene rings is 2. The van der Waals surface area contributed by atoms with Crippen LogP contribution in [0, 0.1) is 6.92 Å². The topological polar surface area (TPSA) is 55.5 Å². The molecule has 4 heteroatoms. The molecule has 4 nitrogen and oxygen atoms in total. The first-order valence-corrected chi connectivity index (χ1v) is 8.95. The molecule has 138 valence electrons. The number of hydrogen-bond donors (Lipinski definition) is 1. The number of rotatable bonds is 8. The van der Waals surface area contributed by atoms with E-state index in [4.69, 9.17) is 14.3 Å². The van der Waals surface area contributed by atoms with E-state index >= 15 is 0 Å². The minimum atomic E-state index is 0.0505. The average Bonchev–Trinajstić information content (AvgIpc) is 3.08. The Hall–Kier alpha value is -3.11. The molecule has 0 aliphatic rings. The number of hydrogen-bond acceptors (Lipinski definition) is 4. The molecule has 0 radical (unpaired) electrons. The molecule has 1 N–H and O–H groups in total. The Labute approximate surface area is 159 Å². The van der Waals surface area contributed by atoms with E-state index in [1.165, 1.54) is 0 Å². The second kappa shape index (κ2) is 9.55. The Morgan fingerprint density at radius 1 is 1.04 bits per heavy atom. The minimum Gasteiger partial charge on any atom is -0.493 e. The highest BCUT2D eigenvalue weighted by molar-refractivity contribution is 5.53. The largest absolute Gasteiger partial charge is 0.493 e. The zero-order valence-electron chi connectivity index (χ0n) is 15.3. The molecule has 0 aliphatic carbocycles. The Bertz CT molecular complexity index is 893. The maximum absolute atomic E-state index is 8.69. The molecule has 27 heavy (non-hydrogen) atoms. The molecule has 0 saturated carbocycles. The van der Waals surface area contributed by atoms with Crippen LogP contribution in [-0.4, -0.2) is 23.3 Å². The van der Waals surface area contributed by atoms with Crippen LogP contribution in [0.15, 0.2) is 77.2 Å². The summed E-state index contributed by atoms with van der Waals surface area (Å²) in [7, 11) is 0. The van der Waals surface area contributed by atoms with Crippen LogP contribution in [0.4, 0.5) is 0 Å². The zero-order valence-corrected chi connectivity index (χ0v) is 15.3. The van der Waals surface area contributed by atoms with E-state index in [-0.39, 0.29) is 6.61 Å². The van der Waals surface area contributed by atoms with Gasteiger partial charge in [0.25, 0.3) is 0 Å². The van der Waals surface area contributed by atoms with Crippen LogP contribution in [0.1, 0.15) is 17.0 Å². The van der Waals surface area contributed by atoms with Gasteiger partial charge in [0.2, 0.25) is 5.89 Å². The molecular weight excluding hydrogens is 338 g/mol. The van der Waals surface area contributed by atoms with Crippen LogP contribution in [0.5, 0.6) is 5.75 Å². The standard InChI is InChI=1S/C23H23NO3/c1-18-22(24-23(27-18)20-9-5-2-6-10-20)15-17-26-21-13-11-19(12-14-21)8-4-3-7-16-25/h2-14,25H,15-17H2,1H3. The molecular formula is C23H23NO3. The number of nitrogens with zero attached hydrogens (tertiary/aromatic N) is 1. The van der Waals surface area contributed by atoms with Crippen molar-refractivity contribution in [2.45, 2.75) is 13.3 Å². The second-order valence-corrected chi connectivity index (χ2v) is 6.03. The molecule has 3 aromatic rings. The lowest BCUT2D eigenvalue weighted by Gasteiger charge is -2.05. The van der Waals surface area contributed by atoms with Gasteiger partial charge in [0.1, 0.15) is 11.5 Å². The maximum Gasteiger partial charge on any atom is 0.226 e. The van der Waals surface area contributed by atoms with Gasteiger partial charge in [-0.3, -0.25) is 0 Å². The SMILES string of the molecule is Cc1oc(-c2ccccc2)nc1CCOc1ccc(C=CC=CCO)cc1. The lowest BCUT2D eigenvalue weighted by molar-refractivity contribution is 0.320. The van der Waals surface area contributed by atoms with Gasteiger partial charge in [0.15, 0.2) is 0 Å². The first kappa shape index (κ1) is 18.7. The van der Waals surface area contributed by atoms with Crippen molar-refractivity contribution in [2.75, 3.05) is 13.2 Å². The van der Waals surface area contributed by atoms with E-state index in [1.807, 2.05) is 79.7 Å². The summed E-state index contributed by atoms with van der Waals surface area (Å²) in [5.41, 5.74) is 2.97. The third kappa shape index (κ3) is 5.43. The van der Waals surface area contributed by atoms with Gasteiger partial charge in [-0.2, -0.15) is 0 Å². The van der Waals surface area contributed by atoms with E-state index in [9.17, 15) is 0 Å². The summed E-state index contributed by atoms with van der Waals surface area (Å²) >= 11 is 0. The number of aliphatic hydroxyl groups is 1. The molecule has 0 unspecified atom stereocenters. The Morgan fingerprint density at radius 3 is 2.56 bits per heavy atom. The average molecular weight is 361 g/mol. The molecule has 0 aliphatic heterocycles. The molecule has 0 fully saturated rings. The molecule has 0 atom stereocenters. The van der Waals surface area contributed by atoms with Crippen molar-refractivity contribution in [1.29, 1.82) is 0 Å². The van der Waals surface area contributed by atoms with E-state index in [1.54, 1.807) is 6.08 Å². The first-order chi connectivity index (χ1) is 13.3. The van der Waals surface area contributed by atoms with Crippen LogP contribution in [0.25, 0.3) is 17.5 Å². The lowest BCUT2D eigenvalue weighted by atomic mass is 10.2. The highest BCUT2D eigenvalue weighted by Gasteiger charge is 2.11. The van der Waals surface area contributed by atoms with Crippen molar-refractivity contribution in [1.82, 2.24) is 4.98 Å².